The molecule has 0 bridgehead atoms. The van der Waals surface area contributed by atoms with Crippen LogP contribution in [0.3, 0.4) is 0 Å². The first-order valence-electron chi connectivity index (χ1n) is 8.83. The Morgan fingerprint density at radius 3 is 2.46 bits per heavy atom. The Morgan fingerprint density at radius 2 is 1.79 bits per heavy atom. The summed E-state index contributed by atoms with van der Waals surface area (Å²) in [6.45, 7) is 9.82. The average Bonchev–Trinajstić information content (AvgIpc) is 2.92. The second kappa shape index (κ2) is 9.98. The van der Waals surface area contributed by atoms with Gasteiger partial charge in [-0.15, -0.1) is 0 Å². The van der Waals surface area contributed by atoms with E-state index in [0.717, 1.165) is 50.1 Å². The summed E-state index contributed by atoms with van der Waals surface area (Å²) in [7, 11) is -3.77. The number of unbranched alkanes of at least 4 members (excludes halogenated alkanes) is 1. The number of nitrogens with two attached hydrogens (primary N) is 1. The van der Waals surface area contributed by atoms with E-state index >= 15 is 0 Å². The summed E-state index contributed by atoms with van der Waals surface area (Å²) in [5.74, 6) is -0.0889. The van der Waals surface area contributed by atoms with Gasteiger partial charge in [-0.3, -0.25) is 0 Å². The van der Waals surface area contributed by atoms with Crippen molar-refractivity contribution in [2.24, 2.45) is 5.73 Å². The summed E-state index contributed by atoms with van der Waals surface area (Å²) < 4.78 is 32.5. The van der Waals surface area contributed by atoms with Crippen molar-refractivity contribution in [2.75, 3.05) is 60.4 Å². The molecule has 0 radical (unpaired) electrons. The third-order valence-corrected chi connectivity index (χ3v) is 8.52. The van der Waals surface area contributed by atoms with Crippen molar-refractivity contribution in [2.45, 2.75) is 32.0 Å². The van der Waals surface area contributed by atoms with Gasteiger partial charge in [0.25, 0.3) is 0 Å². The molecule has 2 atom stereocenters. The van der Waals surface area contributed by atoms with Crippen LogP contribution in [0.4, 0.5) is 0 Å². The van der Waals surface area contributed by atoms with Crippen LogP contribution in [-0.2, 0) is 10.1 Å². The molecule has 0 aromatic carbocycles. The molecular weight excluding hydrogens is 443 g/mol. The summed E-state index contributed by atoms with van der Waals surface area (Å²) in [5.41, 5.74) is 5.74. The molecular formula is C15H32IN4O3S-. The van der Waals surface area contributed by atoms with Gasteiger partial charge in [-0.05, 0) is 0 Å². The molecule has 24 heavy (non-hydrogen) atoms. The van der Waals surface area contributed by atoms with Gasteiger partial charge in [0.05, 0.1) is 0 Å². The van der Waals surface area contributed by atoms with Crippen molar-refractivity contribution in [1.82, 2.24) is 14.7 Å². The molecule has 2 rings (SSSR count). The summed E-state index contributed by atoms with van der Waals surface area (Å²) in [6, 6.07) is 0.540. The van der Waals surface area contributed by atoms with Gasteiger partial charge in [0, 0.05) is 0 Å². The zero-order valence-corrected chi connectivity index (χ0v) is 17.6. The van der Waals surface area contributed by atoms with Crippen LogP contribution in [0, 0.1) is 0 Å². The van der Waals surface area contributed by atoms with Gasteiger partial charge in [0.1, 0.15) is 0 Å². The van der Waals surface area contributed by atoms with Crippen LogP contribution in [0.25, 0.3) is 0 Å². The normalized spacial score (nSPS) is 27.0. The Balaban J connectivity index is 1.66. The van der Waals surface area contributed by atoms with Crippen molar-refractivity contribution < 1.29 is 34.2 Å². The van der Waals surface area contributed by atoms with Crippen molar-refractivity contribution in [1.29, 1.82) is 0 Å². The number of piperazine rings is 1. The molecule has 9 heteroatoms. The van der Waals surface area contributed by atoms with Crippen LogP contribution in [0.2, 0.25) is 0 Å². The fraction of sp³-hybridized carbons (Fsp3) is 1.00. The van der Waals surface area contributed by atoms with Gasteiger partial charge in [-0.2, -0.15) is 0 Å². The van der Waals surface area contributed by atoms with Gasteiger partial charge in [-0.1, -0.05) is 0 Å². The van der Waals surface area contributed by atoms with E-state index in [1.54, 1.807) is 0 Å². The van der Waals surface area contributed by atoms with E-state index in [9.17, 15) is 8.42 Å². The zero-order valence-electron chi connectivity index (χ0n) is 14.6. The molecule has 0 aliphatic carbocycles. The van der Waals surface area contributed by atoms with Gasteiger partial charge in [-0.25, -0.2) is 0 Å². The minimum absolute atomic E-state index is 0.0889. The first-order valence-corrected chi connectivity index (χ1v) is 13.5. The monoisotopic (exact) mass is 475 g/mol. The molecule has 0 aromatic rings. The van der Waals surface area contributed by atoms with Crippen LogP contribution in [-0.4, -0.2) is 100 Å². The molecule has 0 amide bonds. The predicted octanol–water partition coefficient (Wildman–Crippen LogP) is -3.65. The van der Waals surface area contributed by atoms with E-state index in [2.05, 4.69) is 21.6 Å². The Bertz CT molecular complexity index is 479. The van der Waals surface area contributed by atoms with Crippen LogP contribution in [0.1, 0.15) is 19.8 Å². The van der Waals surface area contributed by atoms with Crippen molar-refractivity contribution in [3.8, 4) is 0 Å². The van der Waals surface area contributed by atoms with Crippen molar-refractivity contribution in [3.63, 3.8) is 0 Å². The van der Waals surface area contributed by atoms with Crippen LogP contribution < -0.4 is 26.9 Å². The zero-order chi connectivity index (χ0) is 17.6. The Morgan fingerprint density at radius 1 is 1.08 bits per heavy atom. The number of hydrogen-bond donors (Lipinski definition) is 2. The molecule has 0 aromatic heterocycles. The quantitative estimate of drug-likeness (QED) is 0.146. The standard InChI is InChI=1S/C15H32IN4O3S/c1-14-15-19(7-5-16-4-2-3-13-24(21,22)23)11-12-20(15)10-9-18(14)8-6-17/h14-15H,2-13,17H2,1H3,(H,21,22,23)/q-1. The molecule has 2 aliphatic rings. The topological polar surface area (TPSA) is 90.1 Å². The number of fused-ring (bicyclic) bond motifs is 1. The molecule has 2 heterocycles. The number of hydrogen-bond acceptors (Lipinski definition) is 6. The molecule has 2 saturated heterocycles. The number of halogens is 1. The maximum absolute atomic E-state index is 10.7. The minimum atomic E-state index is -3.77. The molecule has 2 aliphatic heterocycles. The maximum atomic E-state index is 10.7. The number of alkyl halides is 2. The number of nitrogens with zero attached hydrogens (tertiary/aromatic N) is 3. The fourth-order valence-electron chi connectivity index (χ4n) is 3.72. The summed E-state index contributed by atoms with van der Waals surface area (Å²) in [4.78, 5) is 7.76. The second-order valence-corrected chi connectivity index (χ2v) is 11.4. The Kier molecular flexibility index (Phi) is 8.64. The van der Waals surface area contributed by atoms with Crippen LogP contribution in [0.15, 0.2) is 0 Å². The van der Waals surface area contributed by atoms with E-state index in [1.807, 2.05) is 0 Å². The average molecular weight is 475 g/mol. The van der Waals surface area contributed by atoms with E-state index in [0.29, 0.717) is 18.6 Å². The van der Waals surface area contributed by atoms with E-state index in [4.69, 9.17) is 10.3 Å². The van der Waals surface area contributed by atoms with Crippen molar-refractivity contribution in [3.05, 3.63) is 0 Å². The molecule has 3 N–H and O–H groups in total. The van der Waals surface area contributed by atoms with Gasteiger partial charge < -0.3 is 0 Å². The Hall–Kier alpha value is 0.480. The van der Waals surface area contributed by atoms with E-state index in [1.165, 1.54) is 11.0 Å². The third-order valence-electron chi connectivity index (χ3n) is 4.95. The molecule has 0 saturated carbocycles. The predicted molar refractivity (Wildman–Crippen MR) is 92.4 cm³/mol. The molecule has 144 valence electrons. The number of rotatable bonds is 10. The Labute approximate surface area is 156 Å². The SMILES string of the molecule is CC1C2N(CC[I-]CCCCS(=O)(=O)O)CCN2CCN1CCN. The first kappa shape index (κ1) is 20.8. The van der Waals surface area contributed by atoms with E-state index in [-0.39, 0.29) is 27.0 Å². The fourth-order valence-corrected chi connectivity index (χ4v) is 6.87. The van der Waals surface area contributed by atoms with Gasteiger partial charge in [0.15, 0.2) is 0 Å². The molecule has 7 nitrogen and oxygen atoms in total. The third kappa shape index (κ3) is 6.33. The van der Waals surface area contributed by atoms with E-state index < -0.39 is 10.1 Å². The van der Waals surface area contributed by atoms with Gasteiger partial charge >= 0.3 is 157 Å². The van der Waals surface area contributed by atoms with Crippen molar-refractivity contribution >= 4 is 10.1 Å². The van der Waals surface area contributed by atoms with Gasteiger partial charge in [0.2, 0.25) is 0 Å². The summed E-state index contributed by atoms with van der Waals surface area (Å²) in [6.07, 6.45) is 2.04. The summed E-state index contributed by atoms with van der Waals surface area (Å²) in [5, 5.41) is 0. The molecule has 0 spiro atoms. The van der Waals surface area contributed by atoms with Crippen LogP contribution >= 0.6 is 0 Å². The second-order valence-electron chi connectivity index (χ2n) is 6.61. The molecule has 2 unspecified atom stereocenters. The van der Waals surface area contributed by atoms with Crippen LogP contribution in [0.5, 0.6) is 0 Å². The first-order chi connectivity index (χ1) is 11.4. The molecule has 2 fully saturated rings. The summed E-state index contributed by atoms with van der Waals surface area (Å²) >= 11 is 0.129.